The number of benzene rings is 1. The number of ether oxygens (including phenoxy) is 2. The summed E-state index contributed by atoms with van der Waals surface area (Å²) in [4.78, 5) is 11.8. The van der Waals surface area contributed by atoms with E-state index in [9.17, 15) is 4.79 Å². The maximum absolute atomic E-state index is 11.8. The van der Waals surface area contributed by atoms with Gasteiger partial charge >= 0.3 is 0 Å². The molecular formula is C13H17ClN2O3. The summed E-state index contributed by atoms with van der Waals surface area (Å²) >= 11 is 6.07. The smallest absolute Gasteiger partial charge is 0.231 e. The molecule has 1 aromatic rings. The Hall–Kier alpha value is -1.46. The quantitative estimate of drug-likeness (QED) is 0.872. The van der Waals surface area contributed by atoms with Crippen molar-refractivity contribution in [3.05, 3.63) is 17.2 Å². The molecule has 104 valence electrons. The van der Waals surface area contributed by atoms with Gasteiger partial charge in [-0.05, 0) is 0 Å². The van der Waals surface area contributed by atoms with Crippen LogP contribution in [0.2, 0.25) is 5.02 Å². The molecule has 0 aliphatic carbocycles. The zero-order chi connectivity index (χ0) is 13.8. The van der Waals surface area contributed by atoms with Crippen LogP contribution in [-0.4, -0.2) is 25.3 Å². The van der Waals surface area contributed by atoms with Gasteiger partial charge in [0, 0.05) is 31.1 Å². The lowest BCUT2D eigenvalue weighted by Crippen LogP contribution is -2.27. The number of amides is 1. The largest absolute Gasteiger partial charge is 0.454 e. The second kappa shape index (κ2) is 6.12. The Balaban J connectivity index is 1.93. The molecule has 0 saturated heterocycles. The minimum Gasteiger partial charge on any atom is -0.454 e. The van der Waals surface area contributed by atoms with Crippen LogP contribution in [0, 0.1) is 0 Å². The summed E-state index contributed by atoms with van der Waals surface area (Å²) in [6, 6.07) is 3.69. The molecule has 0 bridgehead atoms. The van der Waals surface area contributed by atoms with Crippen LogP contribution in [0.3, 0.4) is 0 Å². The maximum atomic E-state index is 11.8. The first kappa shape index (κ1) is 14.0. The Morgan fingerprint density at radius 2 is 2.05 bits per heavy atom. The Morgan fingerprint density at radius 1 is 1.37 bits per heavy atom. The van der Waals surface area contributed by atoms with Crippen molar-refractivity contribution in [2.24, 2.45) is 0 Å². The van der Waals surface area contributed by atoms with Gasteiger partial charge < -0.3 is 20.1 Å². The second-order valence-electron chi connectivity index (χ2n) is 4.59. The van der Waals surface area contributed by atoms with Crippen LogP contribution in [-0.2, 0) is 4.79 Å². The van der Waals surface area contributed by atoms with E-state index in [0.717, 1.165) is 0 Å². The fourth-order valence-corrected chi connectivity index (χ4v) is 1.90. The summed E-state index contributed by atoms with van der Waals surface area (Å²) < 4.78 is 10.4. The highest BCUT2D eigenvalue weighted by molar-refractivity contribution is 6.34. The van der Waals surface area contributed by atoms with E-state index >= 15 is 0 Å². The fourth-order valence-electron chi connectivity index (χ4n) is 1.70. The van der Waals surface area contributed by atoms with Crippen LogP contribution in [0.25, 0.3) is 0 Å². The third-order valence-electron chi connectivity index (χ3n) is 2.64. The van der Waals surface area contributed by atoms with Crippen LogP contribution < -0.4 is 20.1 Å². The molecule has 2 rings (SSSR count). The van der Waals surface area contributed by atoms with E-state index in [1.54, 1.807) is 12.1 Å². The topological polar surface area (TPSA) is 59.6 Å². The number of hydrogen-bond donors (Lipinski definition) is 2. The molecular weight excluding hydrogens is 268 g/mol. The van der Waals surface area contributed by atoms with Crippen molar-refractivity contribution < 1.29 is 14.3 Å². The van der Waals surface area contributed by atoms with Crippen molar-refractivity contribution >= 4 is 23.2 Å². The number of hydrogen-bond acceptors (Lipinski definition) is 4. The summed E-state index contributed by atoms with van der Waals surface area (Å²) in [5.74, 6) is 1.11. The molecule has 19 heavy (non-hydrogen) atoms. The molecule has 0 saturated carbocycles. The van der Waals surface area contributed by atoms with Gasteiger partial charge in [-0.15, -0.1) is 0 Å². The highest BCUT2D eigenvalue weighted by Gasteiger charge is 2.17. The lowest BCUT2D eigenvalue weighted by Gasteiger charge is -2.10. The minimum absolute atomic E-state index is 0.0890. The van der Waals surface area contributed by atoms with Crippen molar-refractivity contribution in [3.8, 4) is 11.5 Å². The lowest BCUT2D eigenvalue weighted by atomic mass is 10.2. The first-order valence-electron chi connectivity index (χ1n) is 6.18. The molecule has 1 aliphatic rings. The SMILES string of the molecule is CC(C)NCCC(=O)Nc1cc2c(cc1Cl)OCO2. The summed E-state index contributed by atoms with van der Waals surface area (Å²) in [6.07, 6.45) is 0.392. The average molecular weight is 285 g/mol. The van der Waals surface area contributed by atoms with E-state index in [1.165, 1.54) is 0 Å². The van der Waals surface area contributed by atoms with Gasteiger partial charge in [0.15, 0.2) is 11.5 Å². The van der Waals surface area contributed by atoms with E-state index in [4.69, 9.17) is 21.1 Å². The van der Waals surface area contributed by atoms with E-state index in [0.29, 0.717) is 41.2 Å². The molecule has 5 nitrogen and oxygen atoms in total. The van der Waals surface area contributed by atoms with Crippen molar-refractivity contribution in [3.63, 3.8) is 0 Å². The second-order valence-corrected chi connectivity index (χ2v) is 5.00. The van der Waals surface area contributed by atoms with E-state index in [2.05, 4.69) is 10.6 Å². The molecule has 6 heteroatoms. The van der Waals surface area contributed by atoms with E-state index in [1.807, 2.05) is 13.8 Å². The molecule has 0 unspecified atom stereocenters. The Labute approximate surface area is 117 Å². The predicted molar refractivity (Wildman–Crippen MR) is 74.0 cm³/mol. The van der Waals surface area contributed by atoms with Gasteiger partial charge in [0.05, 0.1) is 10.7 Å². The number of fused-ring (bicyclic) bond motifs is 1. The number of halogens is 1. The molecule has 0 spiro atoms. The van der Waals surface area contributed by atoms with Gasteiger partial charge in [0.2, 0.25) is 12.7 Å². The molecule has 2 N–H and O–H groups in total. The van der Waals surface area contributed by atoms with Gasteiger partial charge in [-0.1, -0.05) is 25.4 Å². The van der Waals surface area contributed by atoms with Crippen molar-refractivity contribution in [2.45, 2.75) is 26.3 Å². The molecule has 0 atom stereocenters. The number of rotatable bonds is 5. The number of carbonyl (C=O) groups excluding carboxylic acids is 1. The van der Waals surface area contributed by atoms with Gasteiger partial charge in [0.1, 0.15) is 0 Å². The zero-order valence-corrected chi connectivity index (χ0v) is 11.7. The predicted octanol–water partition coefficient (Wildman–Crippen LogP) is 2.40. The first-order chi connectivity index (χ1) is 9.06. The number of anilines is 1. The zero-order valence-electron chi connectivity index (χ0n) is 11.0. The molecule has 0 radical (unpaired) electrons. The summed E-state index contributed by atoms with van der Waals surface area (Å²) in [7, 11) is 0. The number of carbonyl (C=O) groups is 1. The molecule has 1 aliphatic heterocycles. The van der Waals surface area contributed by atoms with Crippen LogP contribution in [0.4, 0.5) is 5.69 Å². The Kier molecular flexibility index (Phi) is 4.50. The Bertz CT molecular complexity index is 477. The fraction of sp³-hybridized carbons (Fsp3) is 0.462. The molecule has 0 fully saturated rings. The van der Waals surface area contributed by atoms with Crippen molar-refractivity contribution in [1.82, 2.24) is 5.32 Å². The third kappa shape index (κ3) is 3.75. The highest BCUT2D eigenvalue weighted by Crippen LogP contribution is 2.39. The molecule has 0 aromatic heterocycles. The summed E-state index contributed by atoms with van der Waals surface area (Å²) in [6.45, 7) is 4.88. The van der Waals surface area contributed by atoms with Crippen LogP contribution in [0.15, 0.2) is 12.1 Å². The third-order valence-corrected chi connectivity index (χ3v) is 2.95. The average Bonchev–Trinajstić information content (AvgIpc) is 2.76. The van der Waals surface area contributed by atoms with Crippen LogP contribution in [0.5, 0.6) is 11.5 Å². The van der Waals surface area contributed by atoms with Crippen LogP contribution in [0.1, 0.15) is 20.3 Å². The normalized spacial score (nSPS) is 12.8. The summed E-state index contributed by atoms with van der Waals surface area (Å²) in [5.41, 5.74) is 0.542. The minimum atomic E-state index is -0.0890. The summed E-state index contributed by atoms with van der Waals surface area (Å²) in [5, 5.41) is 6.39. The Morgan fingerprint density at radius 3 is 2.74 bits per heavy atom. The monoisotopic (exact) mass is 284 g/mol. The van der Waals surface area contributed by atoms with E-state index in [-0.39, 0.29) is 12.7 Å². The van der Waals surface area contributed by atoms with E-state index < -0.39 is 0 Å². The lowest BCUT2D eigenvalue weighted by molar-refractivity contribution is -0.116. The molecule has 1 heterocycles. The standard InChI is InChI=1S/C13H17ClN2O3/c1-8(2)15-4-3-13(17)16-10-6-12-11(5-9(10)14)18-7-19-12/h5-6,8,15H,3-4,7H2,1-2H3,(H,16,17). The van der Waals surface area contributed by atoms with Gasteiger partial charge in [-0.2, -0.15) is 0 Å². The maximum Gasteiger partial charge on any atom is 0.231 e. The molecule has 1 aromatic carbocycles. The van der Waals surface area contributed by atoms with Crippen LogP contribution >= 0.6 is 11.6 Å². The molecule has 1 amide bonds. The number of nitrogens with one attached hydrogen (secondary N) is 2. The van der Waals surface area contributed by atoms with Gasteiger partial charge in [-0.25, -0.2) is 0 Å². The van der Waals surface area contributed by atoms with Crippen molar-refractivity contribution in [1.29, 1.82) is 0 Å². The van der Waals surface area contributed by atoms with Gasteiger partial charge in [-0.3, -0.25) is 4.79 Å². The van der Waals surface area contributed by atoms with Crippen molar-refractivity contribution in [2.75, 3.05) is 18.7 Å². The highest BCUT2D eigenvalue weighted by atomic mass is 35.5. The van der Waals surface area contributed by atoms with Gasteiger partial charge in [0.25, 0.3) is 0 Å². The first-order valence-corrected chi connectivity index (χ1v) is 6.56.